The number of amides is 1. The number of nitrogens with zero attached hydrogens (tertiary/aromatic N) is 1. The molecule has 0 aliphatic carbocycles. The molecule has 1 amide bonds. The van der Waals surface area contributed by atoms with Gasteiger partial charge in [-0.2, -0.15) is 0 Å². The molecule has 116 valence electrons. The van der Waals surface area contributed by atoms with Gasteiger partial charge in [0.2, 0.25) is 5.91 Å². The summed E-state index contributed by atoms with van der Waals surface area (Å²) in [6, 6.07) is 5.94. The van der Waals surface area contributed by atoms with Gasteiger partial charge in [-0.05, 0) is 60.3 Å². The Morgan fingerprint density at radius 1 is 1.43 bits per heavy atom. The van der Waals surface area contributed by atoms with Crippen LogP contribution < -0.4 is 10.5 Å². The molecule has 1 saturated heterocycles. The summed E-state index contributed by atoms with van der Waals surface area (Å²) in [4.78, 5) is 14.4. The molecule has 1 fully saturated rings. The minimum Gasteiger partial charge on any atom is -0.496 e. The van der Waals surface area contributed by atoms with E-state index < -0.39 is 0 Å². The highest BCUT2D eigenvalue weighted by molar-refractivity contribution is 9.10. The quantitative estimate of drug-likeness (QED) is 0.906. The lowest BCUT2D eigenvalue weighted by atomic mass is 9.95. The average Bonchev–Trinajstić information content (AvgIpc) is 2.57. The molecule has 0 saturated carbocycles. The van der Waals surface area contributed by atoms with Crippen molar-refractivity contribution in [3.8, 4) is 5.75 Å². The third-order valence-corrected chi connectivity index (χ3v) is 4.61. The van der Waals surface area contributed by atoms with Crippen LogP contribution in [0.1, 0.15) is 44.7 Å². The number of carbonyl (C=O) groups excluding carboxylic acids is 1. The predicted octanol–water partition coefficient (Wildman–Crippen LogP) is 3.25. The molecule has 1 aliphatic rings. The second-order valence-electron chi connectivity index (χ2n) is 5.79. The minimum absolute atomic E-state index is 0.0425. The van der Waals surface area contributed by atoms with E-state index in [9.17, 15) is 4.79 Å². The van der Waals surface area contributed by atoms with E-state index in [0.717, 1.165) is 28.6 Å². The topological polar surface area (TPSA) is 55.6 Å². The van der Waals surface area contributed by atoms with Crippen molar-refractivity contribution in [1.29, 1.82) is 0 Å². The first kappa shape index (κ1) is 16.3. The van der Waals surface area contributed by atoms with Crippen molar-refractivity contribution < 1.29 is 9.53 Å². The molecule has 2 N–H and O–H groups in total. The van der Waals surface area contributed by atoms with E-state index in [4.69, 9.17) is 10.5 Å². The molecule has 0 radical (unpaired) electrons. The Morgan fingerprint density at radius 3 is 2.71 bits per heavy atom. The number of hydrogen-bond donors (Lipinski definition) is 1. The maximum atomic E-state index is 12.4. The van der Waals surface area contributed by atoms with Gasteiger partial charge in [-0.1, -0.05) is 6.07 Å². The molecular weight excluding hydrogens is 332 g/mol. The summed E-state index contributed by atoms with van der Waals surface area (Å²) >= 11 is 3.52. The van der Waals surface area contributed by atoms with Crippen LogP contribution in [-0.2, 0) is 4.79 Å². The van der Waals surface area contributed by atoms with Crippen LogP contribution >= 0.6 is 15.9 Å². The molecule has 0 aromatic heterocycles. The molecule has 4 nitrogen and oxygen atoms in total. The lowest BCUT2D eigenvalue weighted by Gasteiger charge is -2.37. The van der Waals surface area contributed by atoms with Crippen LogP contribution in [0.25, 0.3) is 0 Å². The number of ether oxygens (including phenoxy) is 1. The molecule has 1 aromatic rings. The Morgan fingerprint density at radius 2 is 2.14 bits per heavy atom. The van der Waals surface area contributed by atoms with Gasteiger partial charge < -0.3 is 15.4 Å². The fraction of sp³-hybridized carbons (Fsp3) is 0.562. The molecule has 1 heterocycles. The van der Waals surface area contributed by atoms with Gasteiger partial charge in [-0.25, -0.2) is 0 Å². The van der Waals surface area contributed by atoms with E-state index >= 15 is 0 Å². The number of hydrogen-bond acceptors (Lipinski definition) is 3. The molecule has 21 heavy (non-hydrogen) atoms. The van der Waals surface area contributed by atoms with Gasteiger partial charge in [0, 0.05) is 18.5 Å². The van der Waals surface area contributed by atoms with Crippen molar-refractivity contribution in [1.82, 2.24) is 4.90 Å². The molecule has 0 bridgehead atoms. The van der Waals surface area contributed by atoms with Gasteiger partial charge in [0.05, 0.1) is 17.6 Å². The maximum absolute atomic E-state index is 12.4. The molecule has 2 rings (SSSR count). The predicted molar refractivity (Wildman–Crippen MR) is 87.2 cm³/mol. The van der Waals surface area contributed by atoms with Crippen molar-refractivity contribution >= 4 is 21.8 Å². The molecule has 2 atom stereocenters. The van der Waals surface area contributed by atoms with Crippen molar-refractivity contribution in [2.24, 2.45) is 5.73 Å². The zero-order valence-electron chi connectivity index (χ0n) is 12.8. The summed E-state index contributed by atoms with van der Waals surface area (Å²) in [5, 5.41) is 0. The fourth-order valence-electron chi connectivity index (χ4n) is 3.02. The van der Waals surface area contributed by atoms with Gasteiger partial charge in [0.25, 0.3) is 0 Å². The van der Waals surface area contributed by atoms with Crippen LogP contribution in [0.5, 0.6) is 5.75 Å². The Kier molecular flexibility index (Phi) is 5.27. The number of methoxy groups -OCH3 is 1. The third-order valence-electron chi connectivity index (χ3n) is 4.00. The van der Waals surface area contributed by atoms with E-state index in [1.165, 1.54) is 0 Å². The molecule has 2 unspecified atom stereocenters. The van der Waals surface area contributed by atoms with Crippen molar-refractivity contribution in [3.63, 3.8) is 0 Å². The van der Waals surface area contributed by atoms with E-state index in [1.807, 2.05) is 36.9 Å². The number of halogens is 1. The standard InChI is InChI=1S/C16H23BrN2O2/c1-10(2)19-15(20)6-4-5-13(18)16(19)11-7-8-14(21-3)12(17)9-11/h7-10,13,16H,4-6,18H2,1-3H3. The Labute approximate surface area is 134 Å². The van der Waals surface area contributed by atoms with Crippen LogP contribution in [0, 0.1) is 0 Å². The van der Waals surface area contributed by atoms with E-state index in [0.29, 0.717) is 6.42 Å². The monoisotopic (exact) mass is 354 g/mol. The van der Waals surface area contributed by atoms with Crippen LogP contribution in [-0.4, -0.2) is 30.0 Å². The third kappa shape index (κ3) is 3.40. The maximum Gasteiger partial charge on any atom is 0.223 e. The highest BCUT2D eigenvalue weighted by Gasteiger charge is 2.34. The van der Waals surface area contributed by atoms with Crippen LogP contribution in [0.4, 0.5) is 0 Å². The van der Waals surface area contributed by atoms with E-state index in [1.54, 1.807) is 7.11 Å². The summed E-state index contributed by atoms with van der Waals surface area (Å²) in [5.74, 6) is 0.971. The second-order valence-corrected chi connectivity index (χ2v) is 6.64. The first-order valence-corrected chi connectivity index (χ1v) is 8.15. The summed E-state index contributed by atoms with van der Waals surface area (Å²) < 4.78 is 6.16. The Hall–Kier alpha value is -1.07. The van der Waals surface area contributed by atoms with E-state index in [2.05, 4.69) is 15.9 Å². The Balaban J connectivity index is 2.44. The van der Waals surface area contributed by atoms with Crippen LogP contribution in [0.15, 0.2) is 22.7 Å². The number of carbonyl (C=O) groups is 1. The minimum atomic E-state index is -0.0813. The second kappa shape index (κ2) is 6.79. The normalized spacial score (nSPS) is 23.3. The van der Waals surface area contributed by atoms with Gasteiger partial charge in [0.15, 0.2) is 0 Å². The molecular formula is C16H23BrN2O2. The molecule has 0 spiro atoms. The number of benzene rings is 1. The lowest BCUT2D eigenvalue weighted by molar-refractivity contribution is -0.135. The average molecular weight is 355 g/mol. The SMILES string of the molecule is COc1ccc(C2C(N)CCCC(=O)N2C(C)C)cc1Br. The Bertz CT molecular complexity index is 519. The first-order chi connectivity index (χ1) is 9.95. The van der Waals surface area contributed by atoms with Crippen molar-refractivity contribution in [2.45, 2.75) is 51.2 Å². The highest BCUT2D eigenvalue weighted by Crippen LogP contribution is 2.35. The lowest BCUT2D eigenvalue weighted by Crippen LogP contribution is -2.45. The van der Waals surface area contributed by atoms with Gasteiger partial charge >= 0.3 is 0 Å². The number of nitrogens with two attached hydrogens (primary N) is 1. The van der Waals surface area contributed by atoms with Gasteiger partial charge in [-0.3, -0.25) is 4.79 Å². The first-order valence-electron chi connectivity index (χ1n) is 7.36. The molecule has 5 heteroatoms. The van der Waals surface area contributed by atoms with Gasteiger partial charge in [0.1, 0.15) is 5.75 Å². The molecule has 1 aliphatic heterocycles. The summed E-state index contributed by atoms with van der Waals surface area (Å²) in [6.07, 6.45) is 2.31. The summed E-state index contributed by atoms with van der Waals surface area (Å²) in [6.45, 7) is 4.09. The zero-order chi connectivity index (χ0) is 15.6. The van der Waals surface area contributed by atoms with Crippen LogP contribution in [0.2, 0.25) is 0 Å². The van der Waals surface area contributed by atoms with Crippen LogP contribution in [0.3, 0.4) is 0 Å². The zero-order valence-corrected chi connectivity index (χ0v) is 14.4. The number of rotatable bonds is 3. The summed E-state index contributed by atoms with van der Waals surface area (Å²) in [5.41, 5.74) is 7.44. The van der Waals surface area contributed by atoms with Crippen molar-refractivity contribution in [2.75, 3.05) is 7.11 Å². The summed E-state index contributed by atoms with van der Waals surface area (Å²) in [7, 11) is 1.64. The highest BCUT2D eigenvalue weighted by atomic mass is 79.9. The van der Waals surface area contributed by atoms with Gasteiger partial charge in [-0.15, -0.1) is 0 Å². The molecule has 1 aromatic carbocycles. The van der Waals surface area contributed by atoms with Crippen molar-refractivity contribution in [3.05, 3.63) is 28.2 Å². The van der Waals surface area contributed by atoms with E-state index in [-0.39, 0.29) is 24.0 Å². The number of likely N-dealkylation sites (tertiary alicyclic amines) is 1. The fourth-order valence-corrected chi connectivity index (χ4v) is 3.58. The largest absolute Gasteiger partial charge is 0.496 e. The smallest absolute Gasteiger partial charge is 0.223 e.